The molecule has 0 spiro atoms. The van der Waals surface area contributed by atoms with Crippen molar-refractivity contribution in [3.63, 3.8) is 0 Å². The lowest BCUT2D eigenvalue weighted by Gasteiger charge is -2.48. The van der Waals surface area contributed by atoms with E-state index in [0.717, 1.165) is 49.6 Å². The predicted molar refractivity (Wildman–Crippen MR) is 90.6 cm³/mol. The molecule has 0 bridgehead atoms. The van der Waals surface area contributed by atoms with Crippen LogP contribution < -0.4 is 0 Å². The summed E-state index contributed by atoms with van der Waals surface area (Å²) in [6, 6.07) is 0.699. The first-order chi connectivity index (χ1) is 10.5. The molecule has 1 amide bonds. The Balaban J connectivity index is 1.38. The van der Waals surface area contributed by atoms with Crippen molar-refractivity contribution in [1.82, 2.24) is 9.80 Å². The molecule has 22 heavy (non-hydrogen) atoms. The smallest absolute Gasteiger partial charge is 0.225 e. The number of hydrogen-bond donors (Lipinski definition) is 0. The van der Waals surface area contributed by atoms with Crippen molar-refractivity contribution in [1.29, 1.82) is 0 Å². The van der Waals surface area contributed by atoms with Crippen LogP contribution in [0.25, 0.3) is 0 Å². The quantitative estimate of drug-likeness (QED) is 0.796. The van der Waals surface area contributed by atoms with E-state index in [-0.39, 0.29) is 0 Å². The standard InChI is InChI=1S/C19H34N2O/c1-13(2)16-9-17(10-16)19(22)20-7-5-15(6-8-20)18-11-21(12-18)14(3)4/h13-18H,5-12H2,1-4H3. The first-order valence-corrected chi connectivity index (χ1v) is 9.48. The number of likely N-dealkylation sites (tertiary alicyclic amines) is 2. The monoisotopic (exact) mass is 306 g/mol. The molecule has 0 radical (unpaired) electrons. The fourth-order valence-corrected chi connectivity index (χ4v) is 4.53. The van der Waals surface area contributed by atoms with Gasteiger partial charge in [-0.2, -0.15) is 0 Å². The second-order valence-corrected chi connectivity index (χ2v) is 8.64. The van der Waals surface area contributed by atoms with Gasteiger partial charge < -0.3 is 9.80 Å². The number of hydrogen-bond acceptors (Lipinski definition) is 2. The lowest BCUT2D eigenvalue weighted by molar-refractivity contribution is -0.142. The Labute approximate surface area is 136 Å². The zero-order valence-electron chi connectivity index (χ0n) is 14.9. The highest BCUT2D eigenvalue weighted by Gasteiger charge is 2.40. The Morgan fingerprint density at radius 1 is 0.955 bits per heavy atom. The summed E-state index contributed by atoms with van der Waals surface area (Å²) in [6.07, 6.45) is 4.76. The van der Waals surface area contributed by atoms with E-state index in [0.29, 0.717) is 17.9 Å². The minimum absolute atomic E-state index is 0.351. The number of carbonyl (C=O) groups excluding carboxylic acids is 1. The third kappa shape index (κ3) is 3.20. The van der Waals surface area contributed by atoms with Gasteiger partial charge in [0.15, 0.2) is 0 Å². The third-order valence-electron chi connectivity index (χ3n) is 6.65. The van der Waals surface area contributed by atoms with Crippen LogP contribution in [0.3, 0.4) is 0 Å². The molecule has 0 aromatic heterocycles. The minimum Gasteiger partial charge on any atom is -0.342 e. The third-order valence-corrected chi connectivity index (χ3v) is 6.65. The molecule has 2 aliphatic heterocycles. The average Bonchev–Trinajstić information content (AvgIpc) is 2.34. The van der Waals surface area contributed by atoms with E-state index in [1.165, 1.54) is 25.9 Å². The van der Waals surface area contributed by atoms with Crippen molar-refractivity contribution in [3.8, 4) is 0 Å². The van der Waals surface area contributed by atoms with Crippen LogP contribution in [0.4, 0.5) is 0 Å². The molecular weight excluding hydrogens is 272 g/mol. The molecule has 2 heterocycles. The van der Waals surface area contributed by atoms with E-state index in [1.54, 1.807) is 0 Å². The molecule has 3 fully saturated rings. The molecular formula is C19H34N2O. The second-order valence-electron chi connectivity index (χ2n) is 8.64. The second kappa shape index (κ2) is 6.51. The van der Waals surface area contributed by atoms with Crippen molar-refractivity contribution in [2.45, 2.75) is 59.4 Å². The zero-order valence-corrected chi connectivity index (χ0v) is 14.9. The maximum atomic E-state index is 12.6. The zero-order chi connectivity index (χ0) is 15.9. The van der Waals surface area contributed by atoms with E-state index >= 15 is 0 Å². The van der Waals surface area contributed by atoms with E-state index in [4.69, 9.17) is 0 Å². The van der Waals surface area contributed by atoms with E-state index in [9.17, 15) is 4.79 Å². The van der Waals surface area contributed by atoms with Gasteiger partial charge in [0.1, 0.15) is 0 Å². The van der Waals surface area contributed by atoms with Crippen LogP contribution in [-0.4, -0.2) is 47.9 Å². The maximum absolute atomic E-state index is 12.6. The molecule has 0 N–H and O–H groups in total. The summed E-state index contributed by atoms with van der Waals surface area (Å²) in [6.45, 7) is 13.8. The van der Waals surface area contributed by atoms with Gasteiger partial charge in [0.05, 0.1) is 0 Å². The van der Waals surface area contributed by atoms with Crippen LogP contribution in [0.1, 0.15) is 53.4 Å². The topological polar surface area (TPSA) is 23.6 Å². The average molecular weight is 306 g/mol. The molecule has 1 aliphatic carbocycles. The molecule has 3 aliphatic rings. The van der Waals surface area contributed by atoms with Gasteiger partial charge in [-0.15, -0.1) is 0 Å². The van der Waals surface area contributed by atoms with Crippen molar-refractivity contribution >= 4 is 5.91 Å². The largest absolute Gasteiger partial charge is 0.342 e. The molecule has 126 valence electrons. The minimum atomic E-state index is 0.351. The Hall–Kier alpha value is -0.570. The number of nitrogens with zero attached hydrogens (tertiary/aromatic N) is 2. The van der Waals surface area contributed by atoms with Gasteiger partial charge in [0.2, 0.25) is 5.91 Å². The van der Waals surface area contributed by atoms with Crippen molar-refractivity contribution in [3.05, 3.63) is 0 Å². The highest BCUT2D eigenvalue weighted by molar-refractivity contribution is 5.79. The van der Waals surface area contributed by atoms with Crippen LogP contribution in [0.5, 0.6) is 0 Å². The van der Waals surface area contributed by atoms with Crippen LogP contribution in [0.15, 0.2) is 0 Å². The maximum Gasteiger partial charge on any atom is 0.225 e. The van der Waals surface area contributed by atoms with Gasteiger partial charge in [0, 0.05) is 38.1 Å². The van der Waals surface area contributed by atoms with Gasteiger partial charge in [0.25, 0.3) is 0 Å². The molecule has 0 aromatic rings. The number of piperidine rings is 1. The number of amides is 1. The lowest BCUT2D eigenvalue weighted by atomic mass is 9.69. The molecule has 1 saturated carbocycles. The Kier molecular flexibility index (Phi) is 4.82. The Bertz CT molecular complexity index is 386. The first kappa shape index (κ1) is 16.3. The SMILES string of the molecule is CC(C)C1CC(C(=O)N2CCC(C3CN(C(C)C)C3)CC2)C1. The number of rotatable bonds is 4. The Morgan fingerprint density at radius 3 is 2.05 bits per heavy atom. The number of carbonyl (C=O) groups is 1. The summed E-state index contributed by atoms with van der Waals surface area (Å²) < 4.78 is 0. The molecule has 0 atom stereocenters. The van der Waals surface area contributed by atoms with Crippen LogP contribution in [-0.2, 0) is 4.79 Å². The molecule has 3 nitrogen and oxygen atoms in total. The van der Waals surface area contributed by atoms with Crippen molar-refractivity contribution in [2.24, 2.45) is 29.6 Å². The summed E-state index contributed by atoms with van der Waals surface area (Å²) in [4.78, 5) is 17.3. The van der Waals surface area contributed by atoms with Gasteiger partial charge in [-0.05, 0) is 63.2 Å². The Morgan fingerprint density at radius 2 is 1.55 bits per heavy atom. The lowest BCUT2D eigenvalue weighted by Crippen LogP contribution is -2.55. The fraction of sp³-hybridized carbons (Fsp3) is 0.947. The summed E-state index contributed by atoms with van der Waals surface area (Å²) >= 11 is 0. The fourth-order valence-electron chi connectivity index (χ4n) is 4.53. The van der Waals surface area contributed by atoms with Crippen molar-refractivity contribution in [2.75, 3.05) is 26.2 Å². The van der Waals surface area contributed by atoms with E-state index in [1.807, 2.05) is 0 Å². The van der Waals surface area contributed by atoms with Crippen LogP contribution >= 0.6 is 0 Å². The van der Waals surface area contributed by atoms with Gasteiger partial charge in [-0.25, -0.2) is 0 Å². The van der Waals surface area contributed by atoms with E-state index < -0.39 is 0 Å². The molecule has 3 rings (SSSR count). The molecule has 2 saturated heterocycles. The van der Waals surface area contributed by atoms with Gasteiger partial charge in [-0.3, -0.25) is 4.79 Å². The molecule has 3 heteroatoms. The van der Waals surface area contributed by atoms with Gasteiger partial charge in [-0.1, -0.05) is 13.8 Å². The normalized spacial score (nSPS) is 31.5. The van der Waals surface area contributed by atoms with Crippen LogP contribution in [0.2, 0.25) is 0 Å². The van der Waals surface area contributed by atoms with E-state index in [2.05, 4.69) is 37.5 Å². The van der Waals surface area contributed by atoms with Crippen LogP contribution in [0, 0.1) is 29.6 Å². The summed E-state index contributed by atoms with van der Waals surface area (Å²) in [5.74, 6) is 4.12. The predicted octanol–water partition coefficient (Wildman–Crippen LogP) is 3.25. The summed E-state index contributed by atoms with van der Waals surface area (Å²) in [7, 11) is 0. The molecule has 0 aromatic carbocycles. The first-order valence-electron chi connectivity index (χ1n) is 9.48. The summed E-state index contributed by atoms with van der Waals surface area (Å²) in [5.41, 5.74) is 0. The molecule has 0 unspecified atom stereocenters. The van der Waals surface area contributed by atoms with Crippen molar-refractivity contribution < 1.29 is 4.79 Å². The highest BCUT2D eigenvalue weighted by Crippen LogP contribution is 2.40. The van der Waals surface area contributed by atoms with Gasteiger partial charge >= 0.3 is 0 Å². The highest BCUT2D eigenvalue weighted by atomic mass is 16.2. The summed E-state index contributed by atoms with van der Waals surface area (Å²) in [5, 5.41) is 0.